The van der Waals surface area contributed by atoms with Gasteiger partial charge in [-0.3, -0.25) is 14.5 Å². The first-order chi connectivity index (χ1) is 13.6. The van der Waals surface area contributed by atoms with E-state index < -0.39 is 0 Å². The Morgan fingerprint density at radius 2 is 1.89 bits per heavy atom. The molecule has 0 radical (unpaired) electrons. The molecule has 0 N–H and O–H groups in total. The molecule has 2 aliphatic heterocycles. The van der Waals surface area contributed by atoms with Crippen LogP contribution in [0.15, 0.2) is 40.9 Å². The summed E-state index contributed by atoms with van der Waals surface area (Å²) in [7, 11) is 0. The summed E-state index contributed by atoms with van der Waals surface area (Å²) in [6.45, 7) is 5.88. The number of hydrogen-bond donors (Lipinski definition) is 0. The van der Waals surface area contributed by atoms with Crippen LogP contribution in [0.5, 0.6) is 0 Å². The van der Waals surface area contributed by atoms with Gasteiger partial charge in [-0.15, -0.1) is 0 Å². The van der Waals surface area contributed by atoms with Crippen LogP contribution in [-0.2, 0) is 11.3 Å². The number of carbonyl (C=O) groups is 2. The average Bonchev–Trinajstić information content (AvgIpc) is 3.16. The van der Waals surface area contributed by atoms with E-state index in [1.54, 1.807) is 17.9 Å². The van der Waals surface area contributed by atoms with Crippen LogP contribution < -0.4 is 0 Å². The quantitative estimate of drug-likeness (QED) is 0.808. The van der Waals surface area contributed by atoms with Gasteiger partial charge in [0, 0.05) is 45.3 Å². The molecule has 28 heavy (non-hydrogen) atoms. The van der Waals surface area contributed by atoms with Crippen LogP contribution in [0.4, 0.5) is 0 Å². The van der Waals surface area contributed by atoms with E-state index in [1.165, 1.54) is 0 Å². The second-order valence-electron chi connectivity index (χ2n) is 7.55. The highest BCUT2D eigenvalue weighted by atomic mass is 16.5. The Hall–Kier alpha value is -2.67. The summed E-state index contributed by atoms with van der Waals surface area (Å²) < 4.78 is 5.01. The number of aryl methyl sites for hydroxylation is 1. The van der Waals surface area contributed by atoms with E-state index in [-0.39, 0.29) is 17.9 Å². The summed E-state index contributed by atoms with van der Waals surface area (Å²) in [6.07, 6.45) is 1.90. The second kappa shape index (κ2) is 8.14. The third kappa shape index (κ3) is 3.94. The first-order valence-corrected chi connectivity index (χ1v) is 9.91. The molecule has 0 spiro atoms. The average molecular weight is 382 g/mol. The van der Waals surface area contributed by atoms with Crippen molar-refractivity contribution in [3.8, 4) is 0 Å². The van der Waals surface area contributed by atoms with Crippen molar-refractivity contribution >= 4 is 11.8 Å². The molecule has 0 bridgehead atoms. The number of nitrogens with zero attached hydrogens (tertiary/aromatic N) is 4. The molecule has 2 aliphatic rings. The molecule has 1 atom stereocenters. The van der Waals surface area contributed by atoms with Crippen LogP contribution in [0.2, 0.25) is 0 Å². The van der Waals surface area contributed by atoms with E-state index in [9.17, 15) is 9.59 Å². The predicted molar refractivity (Wildman–Crippen MR) is 104 cm³/mol. The topological polar surface area (TPSA) is 69.9 Å². The van der Waals surface area contributed by atoms with Crippen molar-refractivity contribution in [2.24, 2.45) is 0 Å². The van der Waals surface area contributed by atoms with Gasteiger partial charge in [-0.05, 0) is 25.3 Å². The van der Waals surface area contributed by atoms with Crippen LogP contribution in [0.25, 0.3) is 0 Å². The van der Waals surface area contributed by atoms with Crippen molar-refractivity contribution in [3.05, 3.63) is 53.4 Å². The number of rotatable bonds is 4. The fourth-order valence-electron chi connectivity index (χ4n) is 4.09. The molecule has 0 aliphatic carbocycles. The number of likely N-dealkylation sites (tertiary alicyclic amines) is 1. The molecule has 1 unspecified atom stereocenters. The molecule has 1 aromatic heterocycles. The summed E-state index contributed by atoms with van der Waals surface area (Å²) >= 11 is 0. The first kappa shape index (κ1) is 18.7. The van der Waals surface area contributed by atoms with Gasteiger partial charge in [0.15, 0.2) is 5.69 Å². The maximum Gasteiger partial charge on any atom is 0.276 e. The maximum atomic E-state index is 13.1. The molecule has 1 aromatic carbocycles. The molecule has 3 heterocycles. The number of benzene rings is 1. The first-order valence-electron chi connectivity index (χ1n) is 9.91. The normalized spacial score (nSPS) is 21.2. The highest BCUT2D eigenvalue weighted by Crippen LogP contribution is 2.21. The minimum Gasteiger partial charge on any atom is -0.361 e. The second-order valence-corrected chi connectivity index (χ2v) is 7.55. The van der Waals surface area contributed by atoms with Crippen molar-refractivity contribution in [3.63, 3.8) is 0 Å². The number of carbonyl (C=O) groups excluding carboxylic acids is 2. The molecular formula is C21H26N4O3. The Labute approximate surface area is 164 Å². The zero-order valence-corrected chi connectivity index (χ0v) is 16.2. The van der Waals surface area contributed by atoms with E-state index in [1.807, 2.05) is 23.1 Å². The van der Waals surface area contributed by atoms with Crippen LogP contribution in [0.1, 0.15) is 34.7 Å². The summed E-state index contributed by atoms with van der Waals surface area (Å²) in [5.41, 5.74) is 1.52. The largest absolute Gasteiger partial charge is 0.361 e. The van der Waals surface area contributed by atoms with E-state index >= 15 is 0 Å². The highest BCUT2D eigenvalue weighted by molar-refractivity contribution is 5.92. The fourth-order valence-corrected chi connectivity index (χ4v) is 4.09. The third-order valence-electron chi connectivity index (χ3n) is 5.61. The Morgan fingerprint density at radius 3 is 2.57 bits per heavy atom. The van der Waals surface area contributed by atoms with Crippen LogP contribution in [-0.4, -0.2) is 70.4 Å². The molecule has 2 aromatic rings. The molecule has 0 saturated carbocycles. The van der Waals surface area contributed by atoms with E-state index in [2.05, 4.69) is 22.2 Å². The zero-order chi connectivity index (χ0) is 19.5. The molecule has 7 nitrogen and oxygen atoms in total. The SMILES string of the molecule is Cc1cc(C(=O)N2CCN(C3CCCN(Cc4ccccc4)C3=O)CC2)no1. The number of aromatic nitrogens is 1. The van der Waals surface area contributed by atoms with Crippen LogP contribution in [0, 0.1) is 6.92 Å². The van der Waals surface area contributed by atoms with Gasteiger partial charge in [0.2, 0.25) is 5.91 Å². The van der Waals surface area contributed by atoms with Crippen molar-refractivity contribution in [1.82, 2.24) is 19.9 Å². The van der Waals surface area contributed by atoms with E-state index in [0.29, 0.717) is 44.2 Å². The van der Waals surface area contributed by atoms with Crippen molar-refractivity contribution in [2.45, 2.75) is 32.4 Å². The Morgan fingerprint density at radius 1 is 1.14 bits per heavy atom. The summed E-state index contributed by atoms with van der Waals surface area (Å²) in [5.74, 6) is 0.743. The molecule has 148 valence electrons. The monoisotopic (exact) mass is 382 g/mol. The lowest BCUT2D eigenvalue weighted by Crippen LogP contribution is -2.58. The lowest BCUT2D eigenvalue weighted by molar-refractivity contribution is -0.141. The van der Waals surface area contributed by atoms with Gasteiger partial charge in [-0.2, -0.15) is 0 Å². The van der Waals surface area contributed by atoms with Gasteiger partial charge in [0.1, 0.15) is 5.76 Å². The van der Waals surface area contributed by atoms with Crippen molar-refractivity contribution < 1.29 is 14.1 Å². The molecule has 2 saturated heterocycles. The molecule has 2 fully saturated rings. The van der Waals surface area contributed by atoms with Gasteiger partial charge in [-0.25, -0.2) is 0 Å². The lowest BCUT2D eigenvalue weighted by atomic mass is 10.0. The molecule has 2 amide bonds. The smallest absolute Gasteiger partial charge is 0.276 e. The van der Waals surface area contributed by atoms with Gasteiger partial charge >= 0.3 is 0 Å². The minimum absolute atomic E-state index is 0.0796. The van der Waals surface area contributed by atoms with Crippen LogP contribution >= 0.6 is 0 Å². The Balaban J connectivity index is 1.34. The Kier molecular flexibility index (Phi) is 5.43. The van der Waals surface area contributed by atoms with Crippen molar-refractivity contribution in [1.29, 1.82) is 0 Å². The standard InChI is InChI=1S/C21H26N4O3/c1-16-14-18(22-28-16)20(26)24-12-10-23(11-13-24)19-8-5-9-25(21(19)27)15-17-6-3-2-4-7-17/h2-4,6-7,14,19H,5,8-13,15H2,1H3. The predicted octanol–water partition coefficient (Wildman–Crippen LogP) is 1.93. The van der Waals surface area contributed by atoms with Crippen molar-refractivity contribution in [2.75, 3.05) is 32.7 Å². The van der Waals surface area contributed by atoms with Gasteiger partial charge in [0.05, 0.1) is 6.04 Å². The zero-order valence-electron chi connectivity index (χ0n) is 16.2. The summed E-state index contributed by atoms with van der Waals surface area (Å²) in [6, 6.07) is 11.7. The fraction of sp³-hybridized carbons (Fsp3) is 0.476. The summed E-state index contributed by atoms with van der Waals surface area (Å²) in [4.78, 5) is 31.6. The van der Waals surface area contributed by atoms with E-state index in [0.717, 1.165) is 24.9 Å². The maximum absolute atomic E-state index is 13.1. The highest BCUT2D eigenvalue weighted by Gasteiger charge is 2.35. The molecule has 4 rings (SSSR count). The number of piperazine rings is 1. The molecular weight excluding hydrogens is 356 g/mol. The molecule has 7 heteroatoms. The number of piperidine rings is 1. The lowest BCUT2D eigenvalue weighted by Gasteiger charge is -2.42. The number of hydrogen-bond acceptors (Lipinski definition) is 5. The summed E-state index contributed by atoms with van der Waals surface area (Å²) in [5, 5.41) is 3.82. The Bertz CT molecular complexity index is 827. The third-order valence-corrected chi connectivity index (χ3v) is 5.61. The van der Waals surface area contributed by atoms with Gasteiger partial charge < -0.3 is 14.3 Å². The minimum atomic E-state index is -0.0998. The van der Waals surface area contributed by atoms with Gasteiger partial charge in [-0.1, -0.05) is 35.5 Å². The van der Waals surface area contributed by atoms with Gasteiger partial charge in [0.25, 0.3) is 5.91 Å². The van der Waals surface area contributed by atoms with Crippen LogP contribution in [0.3, 0.4) is 0 Å². The van der Waals surface area contributed by atoms with E-state index in [4.69, 9.17) is 4.52 Å². The number of amides is 2.